The molecule has 0 saturated carbocycles. The summed E-state index contributed by atoms with van der Waals surface area (Å²) in [5.74, 6) is 1.47. The van der Waals surface area contributed by atoms with Crippen molar-refractivity contribution in [1.82, 2.24) is 19.7 Å². The highest BCUT2D eigenvalue weighted by Crippen LogP contribution is 2.28. The maximum absolute atomic E-state index is 4.80. The van der Waals surface area contributed by atoms with Crippen molar-refractivity contribution in [3.05, 3.63) is 79.1 Å². The van der Waals surface area contributed by atoms with Gasteiger partial charge in [-0.3, -0.25) is 0 Å². The Morgan fingerprint density at radius 3 is 2.16 bits per heavy atom. The first-order valence-corrected chi connectivity index (χ1v) is 8.06. The van der Waals surface area contributed by atoms with Gasteiger partial charge in [0, 0.05) is 24.2 Å². The third-order valence-corrected chi connectivity index (χ3v) is 3.97. The molecular weight excluding hydrogens is 310 g/mol. The molecule has 0 aliphatic heterocycles. The van der Waals surface area contributed by atoms with Crippen molar-refractivity contribution in [2.24, 2.45) is 0 Å². The topological polar surface area (TPSA) is 55.6 Å². The molecule has 2 aromatic carbocycles. The first-order chi connectivity index (χ1) is 12.3. The molecule has 0 aliphatic rings. The summed E-state index contributed by atoms with van der Waals surface area (Å²) in [6, 6.07) is 24.3. The van der Waals surface area contributed by atoms with Crippen molar-refractivity contribution in [2.75, 3.05) is 12.4 Å². The van der Waals surface area contributed by atoms with Gasteiger partial charge in [-0.15, -0.1) is 0 Å². The van der Waals surface area contributed by atoms with E-state index >= 15 is 0 Å². The molecule has 0 fully saturated rings. The van der Waals surface area contributed by atoms with Crippen LogP contribution in [0.15, 0.2) is 79.1 Å². The average Bonchev–Trinajstić information content (AvgIpc) is 3.15. The summed E-state index contributed by atoms with van der Waals surface area (Å²) in [5, 5.41) is 7.84. The van der Waals surface area contributed by atoms with E-state index in [0.717, 1.165) is 34.2 Å². The maximum Gasteiger partial charge on any atom is 0.159 e. The van der Waals surface area contributed by atoms with Crippen LogP contribution >= 0.6 is 0 Å². The number of aromatic nitrogens is 4. The van der Waals surface area contributed by atoms with Crippen molar-refractivity contribution < 1.29 is 0 Å². The number of hydrogen-bond acceptors (Lipinski definition) is 4. The van der Waals surface area contributed by atoms with Crippen LogP contribution in [-0.4, -0.2) is 26.8 Å². The van der Waals surface area contributed by atoms with Crippen molar-refractivity contribution in [1.29, 1.82) is 0 Å². The van der Waals surface area contributed by atoms with E-state index in [2.05, 4.69) is 45.6 Å². The molecular formula is C20H17N5. The van der Waals surface area contributed by atoms with Crippen LogP contribution in [0.3, 0.4) is 0 Å². The van der Waals surface area contributed by atoms with Gasteiger partial charge in [-0.05, 0) is 6.07 Å². The number of anilines is 1. The van der Waals surface area contributed by atoms with E-state index in [1.807, 2.05) is 54.2 Å². The van der Waals surface area contributed by atoms with Gasteiger partial charge in [0.15, 0.2) is 5.82 Å². The molecule has 0 unspecified atom stereocenters. The quantitative estimate of drug-likeness (QED) is 0.615. The van der Waals surface area contributed by atoms with Gasteiger partial charge in [0.05, 0.1) is 11.4 Å². The Morgan fingerprint density at radius 2 is 1.48 bits per heavy atom. The molecule has 0 saturated heterocycles. The van der Waals surface area contributed by atoms with Gasteiger partial charge in [-0.2, -0.15) is 5.10 Å². The van der Waals surface area contributed by atoms with E-state index in [0.29, 0.717) is 0 Å². The highest BCUT2D eigenvalue weighted by atomic mass is 15.3. The zero-order valence-electron chi connectivity index (χ0n) is 13.8. The molecule has 4 aromatic rings. The molecule has 0 atom stereocenters. The van der Waals surface area contributed by atoms with Crippen LogP contribution in [0, 0.1) is 0 Å². The summed E-state index contributed by atoms with van der Waals surface area (Å²) in [4.78, 5) is 8.59. The number of benzene rings is 2. The van der Waals surface area contributed by atoms with Crippen LogP contribution in [0.5, 0.6) is 0 Å². The van der Waals surface area contributed by atoms with Gasteiger partial charge in [0.1, 0.15) is 12.1 Å². The fraction of sp³-hybridized carbons (Fsp3) is 0.0500. The number of nitrogens with zero attached hydrogens (tertiary/aromatic N) is 4. The van der Waals surface area contributed by atoms with Crippen LogP contribution in [0.25, 0.3) is 28.3 Å². The van der Waals surface area contributed by atoms with E-state index in [9.17, 15) is 0 Å². The highest BCUT2D eigenvalue weighted by molar-refractivity contribution is 5.70. The number of nitrogens with one attached hydrogen (secondary N) is 1. The molecule has 0 aliphatic carbocycles. The van der Waals surface area contributed by atoms with Crippen molar-refractivity contribution in [3.8, 4) is 28.3 Å². The molecule has 5 nitrogen and oxygen atoms in total. The fourth-order valence-corrected chi connectivity index (χ4v) is 2.72. The Hall–Kier alpha value is -3.47. The second kappa shape index (κ2) is 6.57. The monoisotopic (exact) mass is 327 g/mol. The Morgan fingerprint density at radius 1 is 0.800 bits per heavy atom. The summed E-state index contributed by atoms with van der Waals surface area (Å²) >= 11 is 0. The molecule has 0 bridgehead atoms. The van der Waals surface area contributed by atoms with Crippen LogP contribution < -0.4 is 5.32 Å². The molecule has 2 aromatic heterocycles. The zero-order valence-corrected chi connectivity index (χ0v) is 13.8. The lowest BCUT2D eigenvalue weighted by Gasteiger charge is -2.07. The molecule has 0 radical (unpaired) electrons. The van der Waals surface area contributed by atoms with Crippen LogP contribution in [-0.2, 0) is 0 Å². The van der Waals surface area contributed by atoms with Crippen molar-refractivity contribution in [3.63, 3.8) is 0 Å². The molecule has 2 heterocycles. The molecule has 0 spiro atoms. The van der Waals surface area contributed by atoms with E-state index < -0.39 is 0 Å². The third kappa shape index (κ3) is 2.99. The Kier molecular flexibility index (Phi) is 3.96. The summed E-state index contributed by atoms with van der Waals surface area (Å²) in [5.41, 5.74) is 4.05. The van der Waals surface area contributed by atoms with Gasteiger partial charge >= 0.3 is 0 Å². The molecule has 4 rings (SSSR count). The van der Waals surface area contributed by atoms with Gasteiger partial charge in [0.25, 0.3) is 0 Å². The van der Waals surface area contributed by atoms with Crippen LogP contribution in [0.1, 0.15) is 0 Å². The van der Waals surface area contributed by atoms with Gasteiger partial charge in [0.2, 0.25) is 0 Å². The van der Waals surface area contributed by atoms with Crippen LogP contribution in [0.2, 0.25) is 0 Å². The lowest BCUT2D eigenvalue weighted by molar-refractivity contribution is 0.850. The molecule has 0 amide bonds. The van der Waals surface area contributed by atoms with E-state index in [-0.39, 0.29) is 0 Å². The molecule has 122 valence electrons. The lowest BCUT2D eigenvalue weighted by Crippen LogP contribution is -2.04. The molecule has 25 heavy (non-hydrogen) atoms. The van der Waals surface area contributed by atoms with Crippen molar-refractivity contribution >= 4 is 5.82 Å². The SMILES string of the molecule is CNc1cc(-n2nc(-c3ccccc3)cc2-c2ccccc2)ncn1. The minimum atomic E-state index is 0.723. The second-order valence-electron chi connectivity index (χ2n) is 5.57. The Balaban J connectivity index is 1.91. The van der Waals surface area contributed by atoms with E-state index in [4.69, 9.17) is 5.10 Å². The highest BCUT2D eigenvalue weighted by Gasteiger charge is 2.14. The normalized spacial score (nSPS) is 10.6. The smallest absolute Gasteiger partial charge is 0.159 e. The first-order valence-electron chi connectivity index (χ1n) is 8.06. The first kappa shape index (κ1) is 15.1. The minimum Gasteiger partial charge on any atom is -0.373 e. The maximum atomic E-state index is 4.80. The van der Waals surface area contributed by atoms with Gasteiger partial charge in [-0.1, -0.05) is 60.7 Å². The fourth-order valence-electron chi connectivity index (χ4n) is 2.72. The predicted molar refractivity (Wildman–Crippen MR) is 99.6 cm³/mol. The van der Waals surface area contributed by atoms with Crippen LogP contribution in [0.4, 0.5) is 5.82 Å². The number of rotatable bonds is 4. The molecule has 5 heteroatoms. The average molecular weight is 327 g/mol. The van der Waals surface area contributed by atoms with Gasteiger partial charge in [-0.25, -0.2) is 14.6 Å². The minimum absolute atomic E-state index is 0.723. The summed E-state index contributed by atoms with van der Waals surface area (Å²) in [6.07, 6.45) is 1.54. The van der Waals surface area contributed by atoms with E-state index in [1.165, 1.54) is 0 Å². The van der Waals surface area contributed by atoms with Gasteiger partial charge < -0.3 is 5.32 Å². The zero-order chi connectivity index (χ0) is 17.1. The largest absolute Gasteiger partial charge is 0.373 e. The summed E-state index contributed by atoms with van der Waals surface area (Å²) in [6.45, 7) is 0. The number of hydrogen-bond donors (Lipinski definition) is 1. The predicted octanol–water partition coefficient (Wildman–Crippen LogP) is 4.04. The Bertz CT molecular complexity index is 977. The lowest BCUT2D eigenvalue weighted by atomic mass is 10.1. The van der Waals surface area contributed by atoms with E-state index in [1.54, 1.807) is 6.33 Å². The molecule has 1 N–H and O–H groups in total. The Labute approximate surface area is 146 Å². The third-order valence-electron chi connectivity index (χ3n) is 3.97. The van der Waals surface area contributed by atoms with Crippen molar-refractivity contribution in [2.45, 2.75) is 0 Å². The summed E-state index contributed by atoms with van der Waals surface area (Å²) < 4.78 is 1.86. The second-order valence-corrected chi connectivity index (χ2v) is 5.57. The summed E-state index contributed by atoms with van der Waals surface area (Å²) in [7, 11) is 1.84. The standard InChI is InChI=1S/C20H17N5/c1-21-19-13-20(23-14-22-19)25-18(16-10-6-3-7-11-16)12-17(24-25)15-8-4-2-5-9-15/h2-14H,1H3,(H,21,22,23).